The van der Waals surface area contributed by atoms with E-state index in [4.69, 9.17) is 4.42 Å². The lowest BCUT2D eigenvalue weighted by atomic mass is 10.1. The molecule has 0 fully saturated rings. The Bertz CT molecular complexity index is 707. The van der Waals surface area contributed by atoms with E-state index < -0.39 is 6.10 Å². The van der Waals surface area contributed by atoms with E-state index in [0.29, 0.717) is 18.8 Å². The first kappa shape index (κ1) is 14.5. The fraction of sp³-hybridized carbons (Fsp3) is 0.188. The van der Waals surface area contributed by atoms with Gasteiger partial charge in [-0.15, -0.1) is 0 Å². The van der Waals surface area contributed by atoms with Crippen LogP contribution in [0, 0.1) is 5.82 Å². The number of hydrogen-bond acceptors (Lipinski definition) is 4. The minimum Gasteiger partial charge on any atom is -0.467 e. The summed E-state index contributed by atoms with van der Waals surface area (Å²) in [4.78, 5) is 0. The maximum Gasteiger partial charge on any atom is 0.133 e. The molecule has 2 aromatic heterocycles. The van der Waals surface area contributed by atoms with Crippen LogP contribution in [-0.4, -0.2) is 21.8 Å². The molecule has 0 aliphatic rings. The highest BCUT2D eigenvalue weighted by atomic mass is 19.1. The van der Waals surface area contributed by atoms with Crippen LogP contribution in [0.25, 0.3) is 11.3 Å². The Balaban J connectivity index is 1.62. The number of aromatic nitrogens is 2. The summed E-state index contributed by atoms with van der Waals surface area (Å²) >= 11 is 0. The second kappa shape index (κ2) is 6.55. The summed E-state index contributed by atoms with van der Waals surface area (Å²) in [5.74, 6) is 0.253. The molecule has 3 rings (SSSR count). The number of nitrogens with one attached hydrogen (secondary N) is 2. The molecule has 0 aliphatic carbocycles. The molecule has 0 spiro atoms. The van der Waals surface area contributed by atoms with Gasteiger partial charge in [0.15, 0.2) is 0 Å². The molecular weight excluding hydrogens is 285 g/mol. The Kier molecular flexibility index (Phi) is 4.32. The van der Waals surface area contributed by atoms with Crippen molar-refractivity contribution in [3.63, 3.8) is 0 Å². The molecule has 1 aromatic carbocycles. The molecule has 0 aliphatic heterocycles. The molecule has 114 valence electrons. The third-order valence-electron chi connectivity index (χ3n) is 3.38. The fourth-order valence-corrected chi connectivity index (χ4v) is 2.24. The summed E-state index contributed by atoms with van der Waals surface area (Å²) in [7, 11) is 0. The summed E-state index contributed by atoms with van der Waals surface area (Å²) in [5.41, 5.74) is 2.64. The highest BCUT2D eigenvalue weighted by Crippen LogP contribution is 2.21. The summed E-state index contributed by atoms with van der Waals surface area (Å²) in [6.45, 7) is 0.891. The summed E-state index contributed by atoms with van der Waals surface area (Å²) in [5, 5.41) is 20.0. The van der Waals surface area contributed by atoms with Crippen molar-refractivity contribution in [2.45, 2.75) is 12.6 Å². The number of hydrogen-bond donors (Lipinski definition) is 3. The minimum absolute atomic E-state index is 0.274. The molecule has 6 heteroatoms. The molecule has 0 saturated carbocycles. The lowest BCUT2D eigenvalue weighted by molar-refractivity contribution is 0.147. The van der Waals surface area contributed by atoms with Crippen molar-refractivity contribution in [2.75, 3.05) is 6.54 Å². The standard InChI is InChI=1S/C16H16FN3O2/c17-13-5-3-11(4-6-13)16-12(9-19-20-16)8-18-10-14(21)15-2-1-7-22-15/h1-7,9,14,18,21H,8,10H2,(H,19,20). The Morgan fingerprint density at radius 2 is 2.09 bits per heavy atom. The van der Waals surface area contributed by atoms with E-state index in [2.05, 4.69) is 15.5 Å². The fourth-order valence-electron chi connectivity index (χ4n) is 2.24. The van der Waals surface area contributed by atoms with Gasteiger partial charge in [0.1, 0.15) is 17.7 Å². The minimum atomic E-state index is -0.698. The van der Waals surface area contributed by atoms with Gasteiger partial charge in [-0.05, 0) is 36.4 Å². The maximum absolute atomic E-state index is 13.0. The van der Waals surface area contributed by atoms with Crippen LogP contribution in [0.15, 0.2) is 53.3 Å². The van der Waals surface area contributed by atoms with Crippen LogP contribution in [0.3, 0.4) is 0 Å². The number of furan rings is 1. The molecule has 2 heterocycles. The van der Waals surface area contributed by atoms with E-state index in [9.17, 15) is 9.50 Å². The van der Waals surface area contributed by atoms with E-state index in [1.165, 1.54) is 18.4 Å². The molecule has 0 radical (unpaired) electrons. The molecule has 5 nitrogen and oxygen atoms in total. The van der Waals surface area contributed by atoms with Gasteiger partial charge in [0, 0.05) is 24.2 Å². The van der Waals surface area contributed by atoms with Crippen LogP contribution in [0.2, 0.25) is 0 Å². The molecule has 0 saturated heterocycles. The molecule has 1 atom stereocenters. The van der Waals surface area contributed by atoms with Crippen molar-refractivity contribution >= 4 is 0 Å². The predicted molar refractivity (Wildman–Crippen MR) is 79.4 cm³/mol. The Labute approximate surface area is 126 Å². The number of aliphatic hydroxyl groups excluding tert-OH is 1. The van der Waals surface area contributed by atoms with Crippen molar-refractivity contribution in [3.05, 3.63) is 66.0 Å². The van der Waals surface area contributed by atoms with Crippen molar-refractivity contribution in [1.29, 1.82) is 0 Å². The van der Waals surface area contributed by atoms with Crippen LogP contribution < -0.4 is 5.32 Å². The molecule has 3 N–H and O–H groups in total. The van der Waals surface area contributed by atoms with Gasteiger partial charge in [-0.1, -0.05) is 0 Å². The largest absolute Gasteiger partial charge is 0.467 e. The Morgan fingerprint density at radius 1 is 1.27 bits per heavy atom. The third kappa shape index (κ3) is 3.24. The Hall–Kier alpha value is -2.44. The molecular formula is C16H16FN3O2. The number of aromatic amines is 1. The summed E-state index contributed by atoms with van der Waals surface area (Å²) in [6.07, 6.45) is 2.54. The van der Waals surface area contributed by atoms with Gasteiger partial charge in [-0.3, -0.25) is 5.10 Å². The van der Waals surface area contributed by atoms with Gasteiger partial charge in [-0.25, -0.2) is 4.39 Å². The zero-order valence-corrected chi connectivity index (χ0v) is 11.8. The van der Waals surface area contributed by atoms with E-state index >= 15 is 0 Å². The Morgan fingerprint density at radius 3 is 2.82 bits per heavy atom. The van der Waals surface area contributed by atoms with E-state index in [0.717, 1.165) is 16.8 Å². The number of benzene rings is 1. The average molecular weight is 301 g/mol. The van der Waals surface area contributed by atoms with Gasteiger partial charge < -0.3 is 14.8 Å². The molecule has 0 amide bonds. The van der Waals surface area contributed by atoms with Gasteiger partial charge in [0.05, 0.1) is 18.2 Å². The lowest BCUT2D eigenvalue weighted by Gasteiger charge is -2.09. The molecule has 22 heavy (non-hydrogen) atoms. The number of nitrogens with zero attached hydrogens (tertiary/aromatic N) is 1. The maximum atomic E-state index is 13.0. The molecule has 0 bridgehead atoms. The molecule has 3 aromatic rings. The van der Waals surface area contributed by atoms with E-state index in [1.807, 2.05) is 0 Å². The van der Waals surface area contributed by atoms with E-state index in [-0.39, 0.29) is 5.82 Å². The third-order valence-corrected chi connectivity index (χ3v) is 3.38. The zero-order chi connectivity index (χ0) is 15.4. The van der Waals surface area contributed by atoms with Gasteiger partial charge in [-0.2, -0.15) is 5.10 Å². The van der Waals surface area contributed by atoms with Gasteiger partial charge in [0.2, 0.25) is 0 Å². The topological polar surface area (TPSA) is 74.1 Å². The van der Waals surface area contributed by atoms with Crippen LogP contribution in [0.4, 0.5) is 4.39 Å². The van der Waals surface area contributed by atoms with Crippen molar-refractivity contribution < 1.29 is 13.9 Å². The monoisotopic (exact) mass is 301 g/mol. The quantitative estimate of drug-likeness (QED) is 0.654. The van der Waals surface area contributed by atoms with Crippen LogP contribution >= 0.6 is 0 Å². The smallest absolute Gasteiger partial charge is 0.133 e. The first-order valence-electron chi connectivity index (χ1n) is 6.94. The average Bonchev–Trinajstić information content (AvgIpc) is 3.19. The second-order valence-electron chi connectivity index (χ2n) is 4.94. The zero-order valence-electron chi connectivity index (χ0n) is 11.8. The first-order valence-corrected chi connectivity index (χ1v) is 6.94. The number of H-pyrrole nitrogens is 1. The van der Waals surface area contributed by atoms with Gasteiger partial charge in [0.25, 0.3) is 0 Å². The van der Waals surface area contributed by atoms with Crippen LogP contribution in [-0.2, 0) is 6.54 Å². The number of rotatable bonds is 6. The summed E-state index contributed by atoms with van der Waals surface area (Å²) < 4.78 is 18.1. The summed E-state index contributed by atoms with van der Waals surface area (Å²) in [6, 6.07) is 9.69. The highest BCUT2D eigenvalue weighted by molar-refractivity contribution is 5.62. The predicted octanol–water partition coefficient (Wildman–Crippen LogP) is 2.63. The van der Waals surface area contributed by atoms with Gasteiger partial charge >= 0.3 is 0 Å². The highest BCUT2D eigenvalue weighted by Gasteiger charge is 2.11. The van der Waals surface area contributed by atoms with Crippen LogP contribution in [0.5, 0.6) is 0 Å². The normalized spacial score (nSPS) is 12.5. The first-order chi connectivity index (χ1) is 10.7. The SMILES string of the molecule is OC(CNCc1cn[nH]c1-c1ccc(F)cc1)c1ccco1. The van der Waals surface area contributed by atoms with E-state index in [1.54, 1.807) is 30.5 Å². The van der Waals surface area contributed by atoms with Crippen molar-refractivity contribution in [1.82, 2.24) is 15.5 Å². The second-order valence-corrected chi connectivity index (χ2v) is 4.94. The number of halogens is 1. The number of aliphatic hydroxyl groups is 1. The lowest BCUT2D eigenvalue weighted by Crippen LogP contribution is -2.20. The van der Waals surface area contributed by atoms with Crippen LogP contribution in [0.1, 0.15) is 17.4 Å². The van der Waals surface area contributed by atoms with Crippen molar-refractivity contribution in [2.24, 2.45) is 0 Å². The van der Waals surface area contributed by atoms with Crippen molar-refractivity contribution in [3.8, 4) is 11.3 Å². The molecule has 1 unspecified atom stereocenters.